The van der Waals surface area contributed by atoms with E-state index in [0.29, 0.717) is 11.6 Å². The molecular formula is C18H21N3O. The number of hydrogen-bond acceptors (Lipinski definition) is 3. The van der Waals surface area contributed by atoms with Gasteiger partial charge < -0.3 is 0 Å². The van der Waals surface area contributed by atoms with Crippen molar-refractivity contribution in [1.29, 1.82) is 0 Å². The van der Waals surface area contributed by atoms with E-state index in [1.807, 2.05) is 19.1 Å². The third-order valence-electron chi connectivity index (χ3n) is 3.24. The highest BCUT2D eigenvalue weighted by Crippen LogP contribution is 2.10. The van der Waals surface area contributed by atoms with E-state index in [9.17, 15) is 4.79 Å². The van der Waals surface area contributed by atoms with Gasteiger partial charge in [-0.2, -0.15) is 5.10 Å². The summed E-state index contributed by atoms with van der Waals surface area (Å²) in [4.78, 5) is 15.9. The van der Waals surface area contributed by atoms with Crippen molar-refractivity contribution in [1.82, 2.24) is 10.4 Å². The number of rotatable bonds is 5. The summed E-state index contributed by atoms with van der Waals surface area (Å²) in [6.07, 6.45) is 2.64. The molecule has 0 bridgehead atoms. The highest BCUT2D eigenvalue weighted by Gasteiger charge is 2.05. The number of nitrogens with one attached hydrogen (secondary N) is 1. The summed E-state index contributed by atoms with van der Waals surface area (Å²) in [7, 11) is 0. The lowest BCUT2D eigenvalue weighted by atomic mass is 10.0. The van der Waals surface area contributed by atoms with Gasteiger partial charge in [0.05, 0.1) is 5.71 Å². The highest BCUT2D eigenvalue weighted by atomic mass is 16.2. The molecule has 0 saturated heterocycles. The molecule has 0 atom stereocenters. The van der Waals surface area contributed by atoms with Gasteiger partial charge in [0.1, 0.15) is 5.69 Å². The molecule has 0 aliphatic carbocycles. The Kier molecular flexibility index (Phi) is 5.42. The van der Waals surface area contributed by atoms with Crippen molar-refractivity contribution < 1.29 is 4.79 Å². The van der Waals surface area contributed by atoms with Crippen LogP contribution in [0.3, 0.4) is 0 Å². The predicted octanol–water partition coefficient (Wildman–Crippen LogP) is 3.43. The maximum absolute atomic E-state index is 11.9. The van der Waals surface area contributed by atoms with Gasteiger partial charge in [0, 0.05) is 6.20 Å². The summed E-state index contributed by atoms with van der Waals surface area (Å²) < 4.78 is 0. The van der Waals surface area contributed by atoms with Gasteiger partial charge in [-0.1, -0.05) is 44.2 Å². The Bertz CT molecular complexity index is 646. The maximum Gasteiger partial charge on any atom is 0.289 e. The Hall–Kier alpha value is -2.49. The first kappa shape index (κ1) is 15.9. The Morgan fingerprint density at radius 1 is 1.18 bits per heavy atom. The molecule has 1 aromatic heterocycles. The fraction of sp³-hybridized carbons (Fsp3) is 0.278. The number of carbonyl (C=O) groups is 1. The monoisotopic (exact) mass is 295 g/mol. The number of aromatic nitrogens is 1. The van der Waals surface area contributed by atoms with Crippen LogP contribution in [0.2, 0.25) is 0 Å². The summed E-state index contributed by atoms with van der Waals surface area (Å²) in [5.74, 6) is 0.328. The van der Waals surface area contributed by atoms with E-state index < -0.39 is 0 Å². The molecule has 2 aromatic rings. The van der Waals surface area contributed by atoms with Gasteiger partial charge in [0.25, 0.3) is 5.91 Å². The molecule has 0 spiro atoms. The Balaban J connectivity index is 2.01. The van der Waals surface area contributed by atoms with Crippen LogP contribution in [0, 0.1) is 5.92 Å². The molecule has 0 aliphatic heterocycles. The van der Waals surface area contributed by atoms with Gasteiger partial charge in [-0.15, -0.1) is 0 Å². The first-order valence-electron chi connectivity index (χ1n) is 7.41. The van der Waals surface area contributed by atoms with Crippen LogP contribution in [-0.4, -0.2) is 16.6 Å². The number of pyridine rings is 1. The molecule has 1 aromatic carbocycles. The zero-order valence-electron chi connectivity index (χ0n) is 13.2. The lowest BCUT2D eigenvalue weighted by Crippen LogP contribution is -2.20. The van der Waals surface area contributed by atoms with E-state index in [2.05, 4.69) is 41.5 Å². The second-order valence-corrected chi connectivity index (χ2v) is 5.65. The molecule has 0 saturated carbocycles. The summed E-state index contributed by atoms with van der Waals surface area (Å²) in [6, 6.07) is 13.5. The van der Waals surface area contributed by atoms with Crippen molar-refractivity contribution in [2.75, 3.05) is 0 Å². The van der Waals surface area contributed by atoms with Gasteiger partial charge in [-0.3, -0.25) is 9.78 Å². The van der Waals surface area contributed by atoms with E-state index in [1.165, 1.54) is 5.56 Å². The van der Waals surface area contributed by atoms with Gasteiger partial charge in [0.2, 0.25) is 0 Å². The third-order valence-corrected chi connectivity index (χ3v) is 3.24. The molecule has 4 heteroatoms. The standard InChI is InChI=1S/C18H21N3O/c1-13(2)12-15-7-9-16(10-8-15)14(3)20-21-18(22)17-6-4-5-11-19-17/h4-11,13H,12H2,1-3H3,(H,21,22)/b20-14-. The number of amides is 1. The number of hydrogen-bond donors (Lipinski definition) is 1. The van der Waals surface area contributed by atoms with Gasteiger partial charge in [-0.25, -0.2) is 5.43 Å². The first-order chi connectivity index (χ1) is 10.6. The second kappa shape index (κ2) is 7.50. The van der Waals surface area contributed by atoms with Crippen LogP contribution in [0.5, 0.6) is 0 Å². The molecule has 114 valence electrons. The minimum atomic E-state index is -0.309. The van der Waals surface area contributed by atoms with Crippen molar-refractivity contribution in [3.05, 3.63) is 65.5 Å². The van der Waals surface area contributed by atoms with Crippen molar-refractivity contribution in [2.24, 2.45) is 11.0 Å². The molecule has 22 heavy (non-hydrogen) atoms. The van der Waals surface area contributed by atoms with E-state index in [-0.39, 0.29) is 5.91 Å². The summed E-state index contributed by atoms with van der Waals surface area (Å²) in [5, 5.41) is 4.14. The van der Waals surface area contributed by atoms with E-state index in [0.717, 1.165) is 17.7 Å². The third kappa shape index (κ3) is 4.52. The molecule has 0 fully saturated rings. The zero-order chi connectivity index (χ0) is 15.9. The number of nitrogens with zero attached hydrogens (tertiary/aromatic N) is 2. The molecule has 0 aliphatic rings. The number of benzene rings is 1. The Morgan fingerprint density at radius 2 is 1.91 bits per heavy atom. The van der Waals surface area contributed by atoms with Crippen LogP contribution in [0.4, 0.5) is 0 Å². The van der Waals surface area contributed by atoms with Crippen molar-refractivity contribution >= 4 is 11.6 Å². The maximum atomic E-state index is 11.9. The largest absolute Gasteiger partial charge is 0.289 e. The Morgan fingerprint density at radius 3 is 2.50 bits per heavy atom. The Labute approximate surface area is 131 Å². The van der Waals surface area contributed by atoms with E-state index in [1.54, 1.807) is 24.4 Å². The fourth-order valence-electron chi connectivity index (χ4n) is 2.11. The predicted molar refractivity (Wildman–Crippen MR) is 88.9 cm³/mol. The topological polar surface area (TPSA) is 54.4 Å². The lowest BCUT2D eigenvalue weighted by molar-refractivity contribution is 0.0950. The minimum Gasteiger partial charge on any atom is -0.266 e. The summed E-state index contributed by atoms with van der Waals surface area (Å²) in [6.45, 7) is 6.28. The number of hydrazone groups is 1. The lowest BCUT2D eigenvalue weighted by Gasteiger charge is -2.06. The molecule has 0 unspecified atom stereocenters. The van der Waals surface area contributed by atoms with Crippen molar-refractivity contribution in [3.63, 3.8) is 0 Å². The van der Waals surface area contributed by atoms with Crippen LogP contribution in [-0.2, 0) is 6.42 Å². The van der Waals surface area contributed by atoms with Crippen LogP contribution in [0.15, 0.2) is 53.8 Å². The van der Waals surface area contributed by atoms with Gasteiger partial charge in [0.15, 0.2) is 0 Å². The number of carbonyl (C=O) groups excluding carboxylic acids is 1. The van der Waals surface area contributed by atoms with Crippen LogP contribution >= 0.6 is 0 Å². The van der Waals surface area contributed by atoms with E-state index in [4.69, 9.17) is 0 Å². The van der Waals surface area contributed by atoms with Crippen LogP contribution in [0.25, 0.3) is 0 Å². The molecule has 4 nitrogen and oxygen atoms in total. The average Bonchev–Trinajstić information content (AvgIpc) is 2.53. The molecular weight excluding hydrogens is 274 g/mol. The van der Waals surface area contributed by atoms with Crippen molar-refractivity contribution in [2.45, 2.75) is 27.2 Å². The molecule has 1 heterocycles. The second-order valence-electron chi connectivity index (χ2n) is 5.65. The van der Waals surface area contributed by atoms with Crippen LogP contribution in [0.1, 0.15) is 42.4 Å². The fourth-order valence-corrected chi connectivity index (χ4v) is 2.11. The van der Waals surface area contributed by atoms with Gasteiger partial charge >= 0.3 is 0 Å². The average molecular weight is 295 g/mol. The normalized spacial score (nSPS) is 11.5. The van der Waals surface area contributed by atoms with Crippen molar-refractivity contribution in [3.8, 4) is 0 Å². The molecule has 0 radical (unpaired) electrons. The van der Waals surface area contributed by atoms with E-state index >= 15 is 0 Å². The SMILES string of the molecule is C/C(=N/NC(=O)c1ccccn1)c1ccc(CC(C)C)cc1. The summed E-state index contributed by atoms with van der Waals surface area (Å²) >= 11 is 0. The quantitative estimate of drug-likeness (QED) is 0.678. The molecule has 1 amide bonds. The molecule has 2 rings (SSSR count). The first-order valence-corrected chi connectivity index (χ1v) is 7.41. The zero-order valence-corrected chi connectivity index (χ0v) is 13.2. The minimum absolute atomic E-state index is 0.309. The summed E-state index contributed by atoms with van der Waals surface area (Å²) in [5.41, 5.74) is 5.95. The smallest absolute Gasteiger partial charge is 0.266 e. The highest BCUT2D eigenvalue weighted by molar-refractivity contribution is 6.00. The van der Waals surface area contributed by atoms with Crippen LogP contribution < -0.4 is 5.43 Å². The molecule has 1 N–H and O–H groups in total. The van der Waals surface area contributed by atoms with Gasteiger partial charge in [-0.05, 0) is 42.5 Å².